The van der Waals surface area contributed by atoms with Crippen LogP contribution in [0.15, 0.2) is 65.7 Å². The number of rotatable bonds is 9. The third kappa shape index (κ3) is 5.41. The molecular weight excluding hydrogens is 484 g/mol. The minimum absolute atomic E-state index is 0.0338. The van der Waals surface area contributed by atoms with E-state index in [0.29, 0.717) is 16.1 Å². The van der Waals surface area contributed by atoms with Gasteiger partial charge in [-0.3, -0.25) is 19.0 Å². The summed E-state index contributed by atoms with van der Waals surface area (Å²) in [5.41, 5.74) is 5.68. The molecule has 0 bridgehead atoms. The third-order valence-electron chi connectivity index (χ3n) is 5.21. The van der Waals surface area contributed by atoms with Crippen molar-refractivity contribution in [2.45, 2.75) is 13.5 Å². The van der Waals surface area contributed by atoms with E-state index in [1.165, 1.54) is 18.5 Å². The Morgan fingerprint density at radius 2 is 1.78 bits per heavy atom. The van der Waals surface area contributed by atoms with Gasteiger partial charge in [0.25, 0.3) is 11.5 Å². The van der Waals surface area contributed by atoms with Gasteiger partial charge in [0.2, 0.25) is 5.91 Å². The van der Waals surface area contributed by atoms with E-state index in [9.17, 15) is 19.2 Å². The van der Waals surface area contributed by atoms with Crippen molar-refractivity contribution in [3.63, 3.8) is 0 Å². The van der Waals surface area contributed by atoms with Gasteiger partial charge in [-0.2, -0.15) is 0 Å². The molecule has 2 aromatic carbocycles. The number of thiophene rings is 1. The summed E-state index contributed by atoms with van der Waals surface area (Å²) in [6.07, 6.45) is 1.24. The molecule has 3 N–H and O–H groups in total. The maximum atomic E-state index is 13.1. The van der Waals surface area contributed by atoms with Crippen LogP contribution in [0.2, 0.25) is 0 Å². The van der Waals surface area contributed by atoms with E-state index in [4.69, 9.17) is 15.2 Å². The Morgan fingerprint density at radius 3 is 2.53 bits per heavy atom. The Labute approximate surface area is 209 Å². The van der Waals surface area contributed by atoms with E-state index in [0.717, 1.165) is 15.9 Å². The van der Waals surface area contributed by atoms with Gasteiger partial charge in [-0.05, 0) is 36.8 Å². The zero-order valence-electron chi connectivity index (χ0n) is 19.2. The van der Waals surface area contributed by atoms with E-state index in [1.54, 1.807) is 31.2 Å². The Balaban J connectivity index is 1.45. The first kappa shape index (κ1) is 24.6. The topological polar surface area (TPSA) is 143 Å². The quantitative estimate of drug-likeness (QED) is 0.262. The van der Waals surface area contributed by atoms with Gasteiger partial charge in [0.15, 0.2) is 0 Å². The largest absolute Gasteiger partial charge is 0.490 e. The average Bonchev–Trinajstić information content (AvgIpc) is 3.21. The number of para-hydroxylation sites is 2. The molecule has 0 atom stereocenters. The monoisotopic (exact) mass is 506 g/mol. The molecule has 0 aliphatic rings. The van der Waals surface area contributed by atoms with Gasteiger partial charge in [0.05, 0.1) is 23.0 Å². The molecule has 0 fully saturated rings. The first-order valence-corrected chi connectivity index (χ1v) is 11.7. The lowest BCUT2D eigenvalue weighted by molar-refractivity contribution is -0.116. The molecule has 0 saturated carbocycles. The molecule has 0 unspecified atom stereocenters. The van der Waals surface area contributed by atoms with Crippen LogP contribution in [-0.4, -0.2) is 40.5 Å². The van der Waals surface area contributed by atoms with Gasteiger partial charge in [-0.1, -0.05) is 30.3 Å². The number of amides is 2. The summed E-state index contributed by atoms with van der Waals surface area (Å²) in [7, 11) is 0. The number of hydrogen-bond donors (Lipinski definition) is 2. The minimum Gasteiger partial charge on any atom is -0.490 e. The smallest absolute Gasteiger partial charge is 0.348 e. The van der Waals surface area contributed by atoms with E-state index < -0.39 is 23.3 Å². The molecule has 4 rings (SSSR count). The van der Waals surface area contributed by atoms with E-state index >= 15 is 0 Å². The van der Waals surface area contributed by atoms with Crippen LogP contribution in [0.3, 0.4) is 0 Å². The lowest BCUT2D eigenvalue weighted by Crippen LogP contribution is -2.28. The number of nitrogens with two attached hydrogens (primary N) is 1. The van der Waals surface area contributed by atoms with Crippen LogP contribution in [-0.2, 0) is 16.1 Å². The fourth-order valence-electron chi connectivity index (χ4n) is 3.49. The number of aryl methyl sites for hydroxylation is 1. The lowest BCUT2D eigenvalue weighted by atomic mass is 10.1. The number of fused-ring (bicyclic) bond motifs is 1. The molecule has 2 amide bonds. The van der Waals surface area contributed by atoms with Crippen LogP contribution in [0, 0.1) is 6.92 Å². The zero-order valence-corrected chi connectivity index (χ0v) is 20.0. The molecule has 2 aromatic heterocycles. The van der Waals surface area contributed by atoms with Crippen molar-refractivity contribution in [3.8, 4) is 5.75 Å². The Kier molecular flexibility index (Phi) is 7.40. The van der Waals surface area contributed by atoms with Crippen LogP contribution in [0.1, 0.15) is 25.6 Å². The Morgan fingerprint density at radius 1 is 1.06 bits per heavy atom. The van der Waals surface area contributed by atoms with Crippen LogP contribution >= 0.6 is 11.3 Å². The Bertz CT molecular complexity index is 1500. The number of carbonyl (C=O) groups excluding carboxylic acids is 3. The van der Waals surface area contributed by atoms with E-state index in [1.807, 2.05) is 18.2 Å². The predicted molar refractivity (Wildman–Crippen MR) is 134 cm³/mol. The molecule has 2 heterocycles. The number of esters is 1. The molecule has 0 aliphatic carbocycles. The van der Waals surface area contributed by atoms with Gasteiger partial charge in [-0.15, -0.1) is 11.3 Å². The number of aromatic nitrogens is 2. The van der Waals surface area contributed by atoms with Crippen molar-refractivity contribution in [1.29, 1.82) is 0 Å². The minimum atomic E-state index is -0.689. The summed E-state index contributed by atoms with van der Waals surface area (Å²) in [5, 5.41) is 2.82. The molecule has 0 radical (unpaired) electrons. The van der Waals surface area contributed by atoms with Gasteiger partial charge in [0.1, 0.15) is 35.2 Å². The molecule has 184 valence electrons. The van der Waals surface area contributed by atoms with E-state index in [2.05, 4.69) is 10.3 Å². The second-order valence-electron chi connectivity index (χ2n) is 7.67. The zero-order chi connectivity index (χ0) is 25.7. The highest BCUT2D eigenvalue weighted by molar-refractivity contribution is 7.20. The summed E-state index contributed by atoms with van der Waals surface area (Å²) >= 11 is 1.04. The number of anilines is 1. The standard InChI is InChI=1S/C25H22N4O6S/c1-15-20-23(36-21(15)25(33)35-12-11-34-16-7-3-2-4-8-16)27-14-29(24(20)32)13-19(30)28-18-10-6-5-9-17(18)22(26)31/h2-10,14H,11-13H2,1H3,(H2,26,31)(H,28,30). The maximum Gasteiger partial charge on any atom is 0.348 e. The SMILES string of the molecule is Cc1c(C(=O)OCCOc2ccccc2)sc2ncn(CC(=O)Nc3ccccc3C(N)=O)c(=O)c12. The second kappa shape index (κ2) is 10.8. The fourth-order valence-corrected chi connectivity index (χ4v) is 4.53. The molecule has 10 nitrogen and oxygen atoms in total. The first-order chi connectivity index (χ1) is 17.3. The van der Waals surface area contributed by atoms with Crippen LogP contribution in [0.5, 0.6) is 5.75 Å². The number of nitrogens with one attached hydrogen (secondary N) is 1. The average molecular weight is 507 g/mol. The van der Waals surface area contributed by atoms with Gasteiger partial charge >= 0.3 is 5.97 Å². The van der Waals surface area contributed by atoms with Crippen molar-refractivity contribution in [2.24, 2.45) is 5.73 Å². The first-order valence-electron chi connectivity index (χ1n) is 10.9. The molecule has 36 heavy (non-hydrogen) atoms. The van der Waals surface area contributed by atoms with E-state index in [-0.39, 0.29) is 41.3 Å². The number of benzene rings is 2. The molecule has 4 aromatic rings. The third-order valence-corrected chi connectivity index (χ3v) is 6.39. The number of nitrogens with zero attached hydrogens (tertiary/aromatic N) is 2. The summed E-state index contributed by atoms with van der Waals surface area (Å²) in [5.74, 6) is -1.15. The molecule has 11 heteroatoms. The molecule has 0 aliphatic heterocycles. The van der Waals surface area contributed by atoms with Crippen LogP contribution < -0.4 is 21.3 Å². The molecular formula is C25H22N4O6S. The van der Waals surface area contributed by atoms with Crippen LogP contribution in [0.4, 0.5) is 5.69 Å². The lowest BCUT2D eigenvalue weighted by Gasteiger charge is -2.10. The number of ether oxygens (including phenoxy) is 2. The summed E-state index contributed by atoms with van der Waals surface area (Å²) < 4.78 is 11.9. The number of carbonyl (C=O) groups is 3. The fraction of sp³-hybridized carbons (Fsp3) is 0.160. The van der Waals surface area contributed by atoms with Gasteiger partial charge in [-0.25, -0.2) is 9.78 Å². The van der Waals surface area contributed by atoms with Crippen molar-refractivity contribution in [3.05, 3.63) is 87.3 Å². The highest BCUT2D eigenvalue weighted by Crippen LogP contribution is 2.27. The predicted octanol–water partition coefficient (Wildman–Crippen LogP) is 2.74. The number of primary amides is 1. The van der Waals surface area contributed by atoms with Crippen molar-refractivity contribution in [1.82, 2.24) is 9.55 Å². The van der Waals surface area contributed by atoms with Gasteiger partial charge < -0.3 is 20.5 Å². The highest BCUT2D eigenvalue weighted by atomic mass is 32.1. The Hall–Kier alpha value is -4.51. The normalized spacial score (nSPS) is 10.7. The second-order valence-corrected chi connectivity index (χ2v) is 8.67. The summed E-state index contributed by atoms with van der Waals surface area (Å²) in [6, 6.07) is 15.4. The molecule has 0 spiro atoms. The van der Waals surface area contributed by atoms with Crippen LogP contribution in [0.25, 0.3) is 10.2 Å². The molecule has 0 saturated heterocycles. The van der Waals surface area contributed by atoms with Crippen molar-refractivity contribution in [2.75, 3.05) is 18.5 Å². The van der Waals surface area contributed by atoms with Gasteiger partial charge in [0, 0.05) is 0 Å². The summed E-state index contributed by atoms with van der Waals surface area (Å²) in [6.45, 7) is 1.50. The number of hydrogen-bond acceptors (Lipinski definition) is 8. The highest BCUT2D eigenvalue weighted by Gasteiger charge is 2.21. The maximum absolute atomic E-state index is 13.1. The van der Waals surface area contributed by atoms with Crippen molar-refractivity contribution < 1.29 is 23.9 Å². The van der Waals surface area contributed by atoms with Crippen molar-refractivity contribution >= 4 is 45.0 Å². The summed E-state index contributed by atoms with van der Waals surface area (Å²) in [4.78, 5) is 54.7.